The molecule has 2 saturated heterocycles. The maximum Gasteiger partial charge on any atom is 0.246 e. The van der Waals surface area contributed by atoms with Crippen molar-refractivity contribution in [2.75, 3.05) is 27.2 Å². The van der Waals surface area contributed by atoms with Crippen molar-refractivity contribution in [1.29, 1.82) is 0 Å². The van der Waals surface area contributed by atoms with E-state index in [4.69, 9.17) is 9.97 Å². The second-order valence-corrected chi connectivity index (χ2v) is 24.0. The molecule has 8 atom stereocenters. The molecule has 5 fully saturated rings. The van der Waals surface area contributed by atoms with Crippen LogP contribution >= 0.6 is 22.7 Å². The third-order valence-electron chi connectivity index (χ3n) is 17.3. The highest BCUT2D eigenvalue weighted by atomic mass is 32.1. The first-order valence-corrected chi connectivity index (χ1v) is 30.0. The minimum atomic E-state index is -0.678. The van der Waals surface area contributed by atoms with E-state index in [2.05, 4.69) is 43.9 Å². The van der Waals surface area contributed by atoms with Crippen molar-refractivity contribution in [3.05, 3.63) is 93.7 Å². The molecule has 5 aliphatic rings. The zero-order valence-corrected chi connectivity index (χ0v) is 46.6. The Bertz CT molecular complexity index is 2430. The Hall–Kier alpha value is -5.49. The number of aromatic nitrogens is 2. The van der Waals surface area contributed by atoms with Crippen LogP contribution in [0, 0.1) is 23.7 Å². The monoisotopic (exact) mass is 1070 g/mol. The number of carbonyl (C=O) groups is 5. The molecule has 15 nitrogen and oxygen atoms in total. The molecular formula is C59H80N10O5S2. The molecule has 0 bridgehead atoms. The van der Waals surface area contributed by atoms with Crippen molar-refractivity contribution in [2.24, 2.45) is 23.7 Å². The van der Waals surface area contributed by atoms with E-state index >= 15 is 4.79 Å². The van der Waals surface area contributed by atoms with Crippen LogP contribution in [0.2, 0.25) is 0 Å². The van der Waals surface area contributed by atoms with Crippen LogP contribution in [0.1, 0.15) is 139 Å². The third kappa shape index (κ3) is 13.1. The quantitative estimate of drug-likeness (QED) is 0.0533. The molecule has 0 unspecified atom stereocenters. The van der Waals surface area contributed by atoms with Crippen LogP contribution in [0.3, 0.4) is 0 Å². The number of amides is 5. The molecule has 0 radical (unpaired) electrons. The molecule has 0 spiro atoms. The summed E-state index contributed by atoms with van der Waals surface area (Å²) < 4.78 is 0. The van der Waals surface area contributed by atoms with Crippen LogP contribution < -0.4 is 31.9 Å². The maximum atomic E-state index is 15.1. The molecule has 2 aliphatic heterocycles. The molecule has 5 amide bonds. The SMILES string of the molecule is C=C(N[C@H](C(=O)N1C[C@@H](NC(=O)C2CCC(C(=O)N[C@H]3C[C@@H](c4nc(-c5ccccc5)cs4)N(C(=O)[C@@H](NC(=O)[C@H](C)NC)C4CCCCC4)C3)CC2)C[C@H]1c1nc(-c2ccccc2)cs1)C1CCCCC1)[C@H](C)NC. The van der Waals surface area contributed by atoms with Gasteiger partial charge in [0.1, 0.15) is 22.1 Å². The number of likely N-dealkylation sites (tertiary alicyclic amines) is 2. The molecule has 4 heterocycles. The van der Waals surface area contributed by atoms with E-state index in [0.29, 0.717) is 51.6 Å². The molecule has 6 N–H and O–H groups in total. The number of hydrogen-bond acceptors (Lipinski definition) is 12. The molecule has 3 saturated carbocycles. The van der Waals surface area contributed by atoms with Gasteiger partial charge in [0.15, 0.2) is 0 Å². The van der Waals surface area contributed by atoms with E-state index in [-0.39, 0.29) is 83.4 Å². The molecule has 3 aliphatic carbocycles. The zero-order valence-electron chi connectivity index (χ0n) is 44.9. The number of carbonyl (C=O) groups excluding carboxylic acids is 5. The van der Waals surface area contributed by atoms with E-state index in [9.17, 15) is 19.2 Å². The number of benzene rings is 2. The fourth-order valence-electron chi connectivity index (χ4n) is 12.4. The van der Waals surface area contributed by atoms with Gasteiger partial charge in [-0.05, 0) is 104 Å². The average Bonchev–Trinajstić information content (AvgIpc) is 4.32. The number of hydrogen-bond donors (Lipinski definition) is 6. The summed E-state index contributed by atoms with van der Waals surface area (Å²) in [6.07, 6.45) is 13.5. The minimum Gasteiger partial charge on any atom is -0.376 e. The largest absolute Gasteiger partial charge is 0.376 e. The van der Waals surface area contributed by atoms with Gasteiger partial charge in [-0.2, -0.15) is 0 Å². The third-order valence-corrected chi connectivity index (χ3v) is 19.2. The predicted octanol–water partition coefficient (Wildman–Crippen LogP) is 8.29. The molecule has 9 rings (SSSR count). The van der Waals surface area contributed by atoms with Crippen molar-refractivity contribution >= 4 is 52.2 Å². The highest BCUT2D eigenvalue weighted by Crippen LogP contribution is 2.41. The first-order valence-electron chi connectivity index (χ1n) is 28.2. The summed E-state index contributed by atoms with van der Waals surface area (Å²) in [6.45, 7) is 8.87. The average molecular weight is 1070 g/mol. The lowest BCUT2D eigenvalue weighted by Crippen LogP contribution is -2.56. The van der Waals surface area contributed by atoms with Crippen molar-refractivity contribution in [1.82, 2.24) is 51.7 Å². The van der Waals surface area contributed by atoms with Gasteiger partial charge < -0.3 is 41.7 Å². The Balaban J connectivity index is 0.861. The molecular weight excluding hydrogens is 993 g/mol. The molecule has 76 heavy (non-hydrogen) atoms. The Kier molecular flexibility index (Phi) is 18.7. The molecule has 408 valence electrons. The summed E-state index contributed by atoms with van der Waals surface area (Å²) in [6, 6.07) is 17.2. The Morgan fingerprint density at radius 3 is 1.38 bits per heavy atom. The van der Waals surface area contributed by atoms with Gasteiger partial charge >= 0.3 is 0 Å². The van der Waals surface area contributed by atoms with E-state index in [1.54, 1.807) is 25.3 Å². The van der Waals surface area contributed by atoms with Gasteiger partial charge in [-0.1, -0.05) is 106 Å². The predicted molar refractivity (Wildman–Crippen MR) is 301 cm³/mol. The first kappa shape index (κ1) is 55.3. The van der Waals surface area contributed by atoms with Crippen molar-refractivity contribution in [2.45, 2.75) is 165 Å². The normalized spacial score (nSPS) is 25.0. The summed E-state index contributed by atoms with van der Waals surface area (Å²) >= 11 is 3.09. The lowest BCUT2D eigenvalue weighted by atomic mass is 9.81. The summed E-state index contributed by atoms with van der Waals surface area (Å²) in [5.41, 5.74) is 4.52. The van der Waals surface area contributed by atoms with E-state index < -0.39 is 18.1 Å². The molecule has 2 aromatic heterocycles. The Morgan fingerprint density at radius 2 is 0.974 bits per heavy atom. The van der Waals surface area contributed by atoms with Gasteiger partial charge in [0.05, 0.1) is 29.5 Å². The van der Waals surface area contributed by atoms with Crippen LogP contribution in [-0.4, -0.2) is 113 Å². The molecule has 17 heteroatoms. The molecule has 4 aromatic rings. The second-order valence-electron chi connectivity index (χ2n) is 22.3. The first-order chi connectivity index (χ1) is 36.9. The summed E-state index contributed by atoms with van der Waals surface area (Å²) in [7, 11) is 3.64. The van der Waals surface area contributed by atoms with E-state index in [1.807, 2.05) is 89.8 Å². The smallest absolute Gasteiger partial charge is 0.246 e. The molecule has 2 aromatic carbocycles. The number of likely N-dealkylation sites (N-methyl/N-ethyl adjacent to an activating group) is 2. The standard InChI is InChI=1S/C59H80N10O5S2/c1-36(60-4)37(2)62-51(41-22-14-8-15-23-41)58(73)68-32-45(30-49(68)56-65-47(34-75-56)39-18-10-6-11-19-39)63-54(71)43-26-28-44(29-27-43)55(72)64-46-31-50(57-66-48(35-76-57)40-20-12-7-13-21-40)69(33-46)59(74)52(42-24-16-9-17-25-42)67-53(70)38(3)61-5/h6-7,10-13,18-21,34-36,38,41-46,49-52,60-62H,2,8-9,14-17,22-33H2,1,3-5H3,(H,63,71)(H,64,72)(H,67,70)/t36-,38-,43?,44?,45-,46-,49-,50-,51-,52-/m0/s1. The second kappa shape index (κ2) is 25.8. The highest BCUT2D eigenvalue weighted by molar-refractivity contribution is 7.10. The lowest BCUT2D eigenvalue weighted by molar-refractivity contribution is -0.139. The van der Waals surface area contributed by atoms with Crippen molar-refractivity contribution in [3.63, 3.8) is 0 Å². The van der Waals surface area contributed by atoms with Crippen LogP contribution in [0.25, 0.3) is 22.5 Å². The minimum absolute atomic E-state index is 0.0221. The summed E-state index contributed by atoms with van der Waals surface area (Å²) in [5.74, 6) is -0.723. The Labute approximate surface area is 457 Å². The van der Waals surface area contributed by atoms with Gasteiger partial charge in [-0.3, -0.25) is 24.0 Å². The van der Waals surface area contributed by atoms with Gasteiger partial charge in [0, 0.05) is 70.6 Å². The number of nitrogens with one attached hydrogen (secondary N) is 6. The van der Waals surface area contributed by atoms with Crippen LogP contribution in [0.5, 0.6) is 0 Å². The topological polar surface area (TPSA) is 190 Å². The fourth-order valence-corrected chi connectivity index (χ4v) is 14.3. The zero-order chi connectivity index (χ0) is 53.3. The highest BCUT2D eigenvalue weighted by Gasteiger charge is 2.46. The summed E-state index contributed by atoms with van der Waals surface area (Å²) in [5, 5.41) is 25.5. The number of nitrogens with zero attached hydrogens (tertiary/aromatic N) is 4. The van der Waals surface area contributed by atoms with Crippen molar-refractivity contribution < 1.29 is 24.0 Å². The maximum absolute atomic E-state index is 15.1. The van der Waals surface area contributed by atoms with Crippen LogP contribution in [0.15, 0.2) is 83.7 Å². The van der Waals surface area contributed by atoms with Crippen molar-refractivity contribution in [3.8, 4) is 22.5 Å². The van der Waals surface area contributed by atoms with Gasteiger partial charge in [0.25, 0.3) is 0 Å². The number of thiazole rings is 2. The van der Waals surface area contributed by atoms with Crippen LogP contribution in [0.4, 0.5) is 0 Å². The van der Waals surface area contributed by atoms with E-state index in [1.165, 1.54) is 17.8 Å². The summed E-state index contributed by atoms with van der Waals surface area (Å²) in [4.78, 5) is 86.0. The van der Waals surface area contributed by atoms with Gasteiger partial charge in [-0.15, -0.1) is 22.7 Å². The number of rotatable bonds is 19. The lowest BCUT2D eigenvalue weighted by Gasteiger charge is -2.36. The van der Waals surface area contributed by atoms with Gasteiger partial charge in [-0.25, -0.2) is 9.97 Å². The fraction of sp³-hybridized carbons (Fsp3) is 0.576. The van der Waals surface area contributed by atoms with Crippen LogP contribution in [-0.2, 0) is 24.0 Å². The van der Waals surface area contributed by atoms with E-state index in [0.717, 1.165) is 96.0 Å². The van der Waals surface area contributed by atoms with Gasteiger partial charge in [0.2, 0.25) is 29.5 Å². The Morgan fingerprint density at radius 1 is 0.566 bits per heavy atom.